The number of aryl methyl sites for hydroxylation is 1. The number of hydrogen-bond acceptors (Lipinski definition) is 3. The zero-order chi connectivity index (χ0) is 11.5. The number of carbonyl (C=O) groups excluding carboxylic acids is 1. The van der Waals surface area contributed by atoms with Gasteiger partial charge in [0, 0.05) is 25.5 Å². The lowest BCUT2D eigenvalue weighted by Crippen LogP contribution is -2.26. The third-order valence-corrected chi connectivity index (χ3v) is 3.23. The summed E-state index contributed by atoms with van der Waals surface area (Å²) in [5.74, 6) is 0.713. The minimum Gasteiger partial charge on any atom is -0.377 e. The van der Waals surface area contributed by atoms with Crippen molar-refractivity contribution in [3.05, 3.63) is 18.2 Å². The van der Waals surface area contributed by atoms with Crippen LogP contribution in [0.4, 0.5) is 0 Å². The fourth-order valence-electron chi connectivity index (χ4n) is 2.31. The molecule has 0 spiro atoms. The molecule has 0 aromatic carbocycles. The summed E-state index contributed by atoms with van der Waals surface area (Å²) in [7, 11) is 0. The van der Waals surface area contributed by atoms with Gasteiger partial charge in [-0.1, -0.05) is 6.92 Å². The van der Waals surface area contributed by atoms with Gasteiger partial charge in [-0.3, -0.25) is 4.79 Å². The van der Waals surface area contributed by atoms with E-state index in [-0.39, 0.29) is 17.8 Å². The summed E-state index contributed by atoms with van der Waals surface area (Å²) in [5, 5.41) is 0. The first kappa shape index (κ1) is 11.3. The summed E-state index contributed by atoms with van der Waals surface area (Å²) in [6.07, 6.45) is 5.34. The van der Waals surface area contributed by atoms with E-state index in [9.17, 15) is 4.79 Å². The molecule has 1 fully saturated rings. The van der Waals surface area contributed by atoms with Crippen LogP contribution in [0.3, 0.4) is 0 Å². The number of Topliss-reactive ketones (excluding diaryl/α,β-unsaturated/α-hetero) is 1. The van der Waals surface area contributed by atoms with Gasteiger partial charge in [0.1, 0.15) is 0 Å². The Morgan fingerprint density at radius 3 is 3.12 bits per heavy atom. The summed E-state index contributed by atoms with van der Waals surface area (Å²) in [4.78, 5) is 16.5. The molecule has 0 saturated carbocycles. The molecule has 0 radical (unpaired) electrons. The third kappa shape index (κ3) is 1.89. The van der Waals surface area contributed by atoms with Gasteiger partial charge in [0.25, 0.3) is 0 Å². The van der Waals surface area contributed by atoms with E-state index in [1.165, 1.54) is 0 Å². The van der Waals surface area contributed by atoms with Crippen LogP contribution >= 0.6 is 0 Å². The zero-order valence-electron chi connectivity index (χ0n) is 9.85. The Kier molecular flexibility index (Phi) is 3.39. The van der Waals surface area contributed by atoms with E-state index in [0.717, 1.165) is 19.4 Å². The third-order valence-electron chi connectivity index (χ3n) is 3.23. The number of rotatable bonds is 4. The highest BCUT2D eigenvalue weighted by Gasteiger charge is 2.34. The molecule has 88 valence electrons. The molecule has 2 unspecified atom stereocenters. The molecule has 1 aliphatic heterocycles. The fourth-order valence-corrected chi connectivity index (χ4v) is 2.31. The second-order valence-electron chi connectivity index (χ2n) is 4.11. The monoisotopic (exact) mass is 222 g/mol. The first-order valence-corrected chi connectivity index (χ1v) is 5.94. The number of hydrogen-bond donors (Lipinski definition) is 0. The Morgan fingerprint density at radius 2 is 2.44 bits per heavy atom. The van der Waals surface area contributed by atoms with Crippen LogP contribution in [0, 0.1) is 5.92 Å². The first-order valence-electron chi connectivity index (χ1n) is 5.94. The van der Waals surface area contributed by atoms with Crippen molar-refractivity contribution in [2.45, 2.75) is 39.3 Å². The number of nitrogens with zero attached hydrogens (tertiary/aromatic N) is 2. The largest absolute Gasteiger partial charge is 0.377 e. The lowest BCUT2D eigenvalue weighted by molar-refractivity contribution is 0.0678. The van der Waals surface area contributed by atoms with Crippen molar-refractivity contribution in [2.75, 3.05) is 6.61 Å². The Bertz CT molecular complexity index is 373. The predicted molar refractivity (Wildman–Crippen MR) is 60.4 cm³/mol. The van der Waals surface area contributed by atoms with Gasteiger partial charge in [-0.05, 0) is 19.8 Å². The molecule has 1 aromatic heterocycles. The van der Waals surface area contributed by atoms with Gasteiger partial charge in [-0.15, -0.1) is 0 Å². The fraction of sp³-hybridized carbons (Fsp3) is 0.667. The highest BCUT2D eigenvalue weighted by molar-refractivity contribution is 5.95. The number of imidazole rings is 1. The highest BCUT2D eigenvalue weighted by atomic mass is 16.5. The van der Waals surface area contributed by atoms with Crippen molar-refractivity contribution >= 4 is 5.78 Å². The van der Waals surface area contributed by atoms with E-state index in [2.05, 4.69) is 11.9 Å². The van der Waals surface area contributed by atoms with E-state index < -0.39 is 0 Å². The van der Waals surface area contributed by atoms with Crippen LogP contribution in [-0.4, -0.2) is 28.0 Å². The summed E-state index contributed by atoms with van der Waals surface area (Å²) in [5.41, 5.74) is 0. The van der Waals surface area contributed by atoms with Crippen molar-refractivity contribution in [3.8, 4) is 0 Å². The van der Waals surface area contributed by atoms with E-state index >= 15 is 0 Å². The Labute approximate surface area is 95.6 Å². The maximum Gasteiger partial charge on any atom is 0.203 e. The molecule has 0 N–H and O–H groups in total. The van der Waals surface area contributed by atoms with Gasteiger partial charge >= 0.3 is 0 Å². The quantitative estimate of drug-likeness (QED) is 0.731. The minimum atomic E-state index is -0.00213. The molecular formula is C12H18N2O2. The van der Waals surface area contributed by atoms with Crippen molar-refractivity contribution in [3.63, 3.8) is 0 Å². The molecule has 1 aromatic rings. The molecule has 4 heteroatoms. The van der Waals surface area contributed by atoms with Crippen LogP contribution < -0.4 is 0 Å². The maximum absolute atomic E-state index is 12.3. The number of ether oxygens (including phenoxy) is 1. The van der Waals surface area contributed by atoms with Crippen LogP contribution in [0.15, 0.2) is 12.4 Å². The number of carbonyl (C=O) groups is 1. The smallest absolute Gasteiger partial charge is 0.203 e. The predicted octanol–water partition coefficient (Wildman–Crippen LogP) is 1.90. The van der Waals surface area contributed by atoms with E-state index in [1.807, 2.05) is 17.7 Å². The van der Waals surface area contributed by atoms with Gasteiger partial charge in [-0.2, -0.15) is 0 Å². The Hall–Kier alpha value is -1.16. The summed E-state index contributed by atoms with van der Waals surface area (Å²) in [6, 6.07) is 0. The lowest BCUT2D eigenvalue weighted by Gasteiger charge is -2.15. The average molecular weight is 222 g/mol. The van der Waals surface area contributed by atoms with E-state index in [1.54, 1.807) is 6.20 Å². The molecule has 1 aliphatic rings. The summed E-state index contributed by atoms with van der Waals surface area (Å²) < 4.78 is 7.45. The van der Waals surface area contributed by atoms with Crippen molar-refractivity contribution in [1.29, 1.82) is 0 Å². The second-order valence-corrected chi connectivity index (χ2v) is 4.11. The molecule has 0 amide bonds. The topological polar surface area (TPSA) is 44.1 Å². The van der Waals surface area contributed by atoms with Gasteiger partial charge in [0.05, 0.1) is 12.0 Å². The maximum atomic E-state index is 12.3. The second kappa shape index (κ2) is 4.78. The normalized spacial score (nSPS) is 24.9. The van der Waals surface area contributed by atoms with E-state index in [0.29, 0.717) is 12.4 Å². The molecule has 16 heavy (non-hydrogen) atoms. The Morgan fingerprint density at radius 1 is 1.62 bits per heavy atom. The van der Waals surface area contributed by atoms with Crippen LogP contribution in [0.2, 0.25) is 0 Å². The molecule has 4 nitrogen and oxygen atoms in total. The van der Waals surface area contributed by atoms with Crippen molar-refractivity contribution in [2.24, 2.45) is 5.92 Å². The molecule has 2 heterocycles. The molecule has 0 bridgehead atoms. The molecule has 2 rings (SSSR count). The number of ketones is 1. The van der Waals surface area contributed by atoms with Gasteiger partial charge in [0.2, 0.25) is 5.78 Å². The van der Waals surface area contributed by atoms with Crippen LogP contribution in [0.1, 0.15) is 37.3 Å². The first-order chi connectivity index (χ1) is 7.77. The van der Waals surface area contributed by atoms with Crippen LogP contribution in [0.5, 0.6) is 0 Å². The van der Waals surface area contributed by atoms with Crippen molar-refractivity contribution < 1.29 is 9.53 Å². The SMILES string of the molecule is CCC1OCCC1C(=O)c1nccn1CC. The van der Waals surface area contributed by atoms with Crippen LogP contribution in [-0.2, 0) is 11.3 Å². The van der Waals surface area contributed by atoms with Gasteiger partial charge in [-0.25, -0.2) is 4.98 Å². The number of aromatic nitrogens is 2. The molecular weight excluding hydrogens is 204 g/mol. The minimum absolute atomic E-state index is 0.00213. The zero-order valence-corrected chi connectivity index (χ0v) is 9.85. The molecule has 2 atom stereocenters. The van der Waals surface area contributed by atoms with E-state index in [4.69, 9.17) is 4.74 Å². The summed E-state index contributed by atoms with van der Waals surface area (Å²) >= 11 is 0. The average Bonchev–Trinajstić information content (AvgIpc) is 2.96. The summed E-state index contributed by atoms with van der Waals surface area (Å²) in [6.45, 7) is 5.55. The van der Waals surface area contributed by atoms with Gasteiger partial charge in [0.15, 0.2) is 5.82 Å². The van der Waals surface area contributed by atoms with Gasteiger partial charge < -0.3 is 9.30 Å². The standard InChI is InChI=1S/C12H18N2O2/c1-3-10-9(5-8-16-10)11(15)12-13-6-7-14(12)4-2/h6-7,9-10H,3-5,8H2,1-2H3. The molecule has 0 aliphatic carbocycles. The van der Waals surface area contributed by atoms with Crippen LogP contribution in [0.25, 0.3) is 0 Å². The molecule has 1 saturated heterocycles. The van der Waals surface area contributed by atoms with Crippen molar-refractivity contribution in [1.82, 2.24) is 9.55 Å². The Balaban J connectivity index is 2.18. The highest BCUT2D eigenvalue weighted by Crippen LogP contribution is 2.26. The lowest BCUT2D eigenvalue weighted by atomic mass is 9.94.